The van der Waals surface area contributed by atoms with Gasteiger partial charge in [-0.25, -0.2) is 13.5 Å². The van der Waals surface area contributed by atoms with Crippen molar-refractivity contribution in [2.24, 2.45) is 0 Å². The number of fused-ring (bicyclic) bond motifs is 1. The highest BCUT2D eigenvalue weighted by molar-refractivity contribution is 5.90. The Morgan fingerprint density at radius 1 is 1.18 bits per heavy atom. The van der Waals surface area contributed by atoms with Crippen molar-refractivity contribution in [3.05, 3.63) is 71.4 Å². The molecule has 2 aromatic carbocycles. The maximum atomic E-state index is 13.3. The maximum absolute atomic E-state index is 13.3. The zero-order valence-electron chi connectivity index (χ0n) is 16.0. The fourth-order valence-corrected chi connectivity index (χ4v) is 3.73. The number of aromatic nitrogens is 2. The first kappa shape index (κ1) is 20.1. The molecule has 28 heavy (non-hydrogen) atoms. The molecule has 146 valence electrons. The first-order chi connectivity index (χ1) is 13.0. The topological polar surface area (TPSA) is 37.9 Å². The van der Waals surface area contributed by atoms with Crippen LogP contribution in [0.5, 0.6) is 0 Å². The zero-order chi connectivity index (χ0) is 19.0. The van der Waals surface area contributed by atoms with Gasteiger partial charge in [0.05, 0.1) is 13.0 Å². The largest absolute Gasteiger partial charge is 1.00 e. The van der Waals surface area contributed by atoms with Gasteiger partial charge in [0, 0.05) is 11.3 Å². The number of carbonyl (C=O) groups is 1. The molecule has 3 aromatic rings. The number of nitrogens with zero attached hydrogens (tertiary/aromatic N) is 2. The van der Waals surface area contributed by atoms with Gasteiger partial charge in [0.25, 0.3) is 11.7 Å². The Bertz CT molecular complexity index is 1010. The van der Waals surface area contributed by atoms with E-state index in [4.69, 9.17) is 0 Å². The summed E-state index contributed by atoms with van der Waals surface area (Å²) in [6.45, 7) is 5.24. The van der Waals surface area contributed by atoms with Gasteiger partial charge in [-0.15, -0.1) is 0 Å². The van der Waals surface area contributed by atoms with E-state index in [1.54, 1.807) is 12.1 Å². The summed E-state index contributed by atoms with van der Waals surface area (Å²) in [5.41, 5.74) is 5.10. The van der Waals surface area contributed by atoms with E-state index in [1.165, 1.54) is 12.1 Å². The Morgan fingerprint density at radius 3 is 2.68 bits per heavy atom. The number of anilines is 1. The zero-order valence-corrected chi connectivity index (χ0v) is 16.8. The van der Waals surface area contributed by atoms with Crippen molar-refractivity contribution in [2.75, 3.05) is 5.32 Å². The molecule has 0 saturated carbocycles. The lowest BCUT2D eigenvalue weighted by molar-refractivity contribution is -0.690. The van der Waals surface area contributed by atoms with Crippen LogP contribution in [0.15, 0.2) is 48.7 Å². The minimum atomic E-state index is -0.243. The van der Waals surface area contributed by atoms with E-state index in [0.29, 0.717) is 0 Å². The first-order valence-electron chi connectivity index (χ1n) is 9.27. The maximum Gasteiger partial charge on any atom is 0.266 e. The highest BCUT2D eigenvalue weighted by atomic mass is 35.5. The Morgan fingerprint density at radius 2 is 1.93 bits per heavy atom. The average Bonchev–Trinajstić information content (AvgIpc) is 3.24. The van der Waals surface area contributed by atoms with Crippen molar-refractivity contribution in [1.82, 2.24) is 4.57 Å². The summed E-state index contributed by atoms with van der Waals surface area (Å²) in [5.74, 6) is 0.859. The number of nitrogens with one attached hydrogen (secondary N) is 1. The number of rotatable bonds is 4. The number of imidazole rings is 1. The molecule has 1 aliphatic rings. The molecule has 0 fully saturated rings. The van der Waals surface area contributed by atoms with E-state index in [2.05, 4.69) is 9.88 Å². The highest BCUT2D eigenvalue weighted by Crippen LogP contribution is 2.25. The summed E-state index contributed by atoms with van der Waals surface area (Å²) in [6, 6.07) is 12.4. The lowest BCUT2D eigenvalue weighted by Crippen LogP contribution is -3.00. The molecule has 0 radical (unpaired) electrons. The van der Waals surface area contributed by atoms with E-state index in [-0.39, 0.29) is 30.7 Å². The molecular formula is C22H23ClFN3O. The SMILES string of the molecule is Cc1cccc(NC(=O)C[n+]2cc(-c3ccc(F)cc3)n3c2CCC3)c1C.[Cl-]. The summed E-state index contributed by atoms with van der Waals surface area (Å²) >= 11 is 0. The molecule has 4 rings (SSSR count). The predicted octanol–water partition coefficient (Wildman–Crippen LogP) is 0.787. The van der Waals surface area contributed by atoms with Crippen LogP contribution in [0.2, 0.25) is 0 Å². The Balaban J connectivity index is 0.00000225. The summed E-state index contributed by atoms with van der Waals surface area (Å²) < 4.78 is 17.5. The van der Waals surface area contributed by atoms with E-state index < -0.39 is 0 Å². The normalized spacial score (nSPS) is 12.4. The predicted molar refractivity (Wildman–Crippen MR) is 103 cm³/mol. The van der Waals surface area contributed by atoms with Crippen LogP contribution >= 0.6 is 0 Å². The minimum absolute atomic E-state index is 0. The summed E-state index contributed by atoms with van der Waals surface area (Å²) in [6.07, 6.45) is 4.01. The number of halogens is 2. The van der Waals surface area contributed by atoms with Gasteiger partial charge in [0.2, 0.25) is 0 Å². The van der Waals surface area contributed by atoms with E-state index in [0.717, 1.165) is 53.3 Å². The average molecular weight is 400 g/mol. The number of carbonyl (C=O) groups excluding carboxylic acids is 1. The van der Waals surface area contributed by atoms with Crippen LogP contribution in [0.3, 0.4) is 0 Å². The Labute approximate surface area is 170 Å². The third-order valence-corrected chi connectivity index (χ3v) is 5.33. The molecule has 1 aromatic heterocycles. The molecular weight excluding hydrogens is 377 g/mol. The van der Waals surface area contributed by atoms with Crippen molar-refractivity contribution in [3.63, 3.8) is 0 Å². The van der Waals surface area contributed by atoms with Crippen molar-refractivity contribution in [1.29, 1.82) is 0 Å². The Hall–Kier alpha value is -2.66. The second kappa shape index (κ2) is 8.15. The summed E-state index contributed by atoms with van der Waals surface area (Å²) in [7, 11) is 0. The van der Waals surface area contributed by atoms with Gasteiger partial charge in [-0.1, -0.05) is 12.1 Å². The molecule has 1 N–H and O–H groups in total. The molecule has 0 bridgehead atoms. The van der Waals surface area contributed by atoms with Crippen LogP contribution in [0, 0.1) is 19.7 Å². The fraction of sp³-hybridized carbons (Fsp3) is 0.273. The standard InChI is InChI=1S/C22H22FN3O.ClH/c1-15-5-3-6-19(16(15)2)24-21(27)14-25-13-20(26-12-4-7-22(25)26)17-8-10-18(23)11-9-17;/h3,5-6,8-11,13H,4,7,12,14H2,1-2H3;1H. The molecule has 0 aliphatic carbocycles. The van der Waals surface area contributed by atoms with Gasteiger partial charge in [0.15, 0.2) is 12.2 Å². The van der Waals surface area contributed by atoms with Crippen molar-refractivity contribution >= 4 is 11.6 Å². The van der Waals surface area contributed by atoms with Crippen molar-refractivity contribution in [3.8, 4) is 11.3 Å². The smallest absolute Gasteiger partial charge is 0.266 e. The second-order valence-corrected chi connectivity index (χ2v) is 7.12. The van der Waals surface area contributed by atoms with Crippen LogP contribution < -0.4 is 22.3 Å². The van der Waals surface area contributed by atoms with E-state index in [9.17, 15) is 9.18 Å². The van der Waals surface area contributed by atoms with Gasteiger partial charge < -0.3 is 17.7 Å². The first-order valence-corrected chi connectivity index (χ1v) is 9.27. The molecule has 0 spiro atoms. The molecule has 1 amide bonds. The van der Waals surface area contributed by atoms with Crippen LogP contribution in [0.1, 0.15) is 23.4 Å². The molecule has 0 unspecified atom stereocenters. The van der Waals surface area contributed by atoms with Gasteiger partial charge in [0.1, 0.15) is 12.0 Å². The third-order valence-electron chi connectivity index (χ3n) is 5.33. The fourth-order valence-electron chi connectivity index (χ4n) is 3.73. The monoisotopic (exact) mass is 399 g/mol. The van der Waals surface area contributed by atoms with Crippen LogP contribution in [-0.2, 0) is 24.3 Å². The van der Waals surface area contributed by atoms with Gasteiger partial charge in [-0.2, -0.15) is 0 Å². The number of amides is 1. The van der Waals surface area contributed by atoms with Crippen LogP contribution in [-0.4, -0.2) is 10.5 Å². The minimum Gasteiger partial charge on any atom is -1.00 e. The van der Waals surface area contributed by atoms with Crippen LogP contribution in [0.4, 0.5) is 10.1 Å². The number of hydrogen-bond donors (Lipinski definition) is 1. The molecule has 6 heteroatoms. The number of benzene rings is 2. The quantitative estimate of drug-likeness (QED) is 0.647. The second-order valence-electron chi connectivity index (χ2n) is 7.12. The third kappa shape index (κ3) is 3.80. The van der Waals surface area contributed by atoms with E-state index in [1.807, 2.05) is 42.8 Å². The molecule has 2 heterocycles. The van der Waals surface area contributed by atoms with Gasteiger partial charge in [-0.3, -0.25) is 4.79 Å². The van der Waals surface area contributed by atoms with Crippen LogP contribution in [0.25, 0.3) is 11.3 Å². The van der Waals surface area contributed by atoms with E-state index >= 15 is 0 Å². The number of aryl methyl sites for hydroxylation is 1. The molecule has 0 saturated heterocycles. The molecule has 1 aliphatic heterocycles. The van der Waals surface area contributed by atoms with Crippen molar-refractivity contribution < 1.29 is 26.2 Å². The molecule has 0 atom stereocenters. The highest BCUT2D eigenvalue weighted by Gasteiger charge is 2.29. The molecule has 4 nitrogen and oxygen atoms in total. The lowest BCUT2D eigenvalue weighted by Gasteiger charge is -2.09. The lowest BCUT2D eigenvalue weighted by atomic mass is 10.1. The Kier molecular flexibility index (Phi) is 5.84. The van der Waals surface area contributed by atoms with Gasteiger partial charge in [-0.05, 0) is 61.7 Å². The summed E-state index contributed by atoms with van der Waals surface area (Å²) in [5, 5.41) is 3.03. The number of hydrogen-bond acceptors (Lipinski definition) is 1. The van der Waals surface area contributed by atoms with Gasteiger partial charge >= 0.3 is 0 Å². The van der Waals surface area contributed by atoms with Crippen molar-refractivity contribution in [2.45, 2.75) is 39.8 Å². The summed E-state index contributed by atoms with van der Waals surface area (Å²) in [4.78, 5) is 12.6.